The largest absolute Gasteiger partial charge is 0.351 e. The van der Waals surface area contributed by atoms with Gasteiger partial charge in [-0.25, -0.2) is 23.1 Å². The summed E-state index contributed by atoms with van der Waals surface area (Å²) in [4.78, 5) is 34.6. The second kappa shape index (κ2) is 9.44. The number of fused-ring (bicyclic) bond motifs is 1. The van der Waals surface area contributed by atoms with Gasteiger partial charge >= 0.3 is 0 Å². The highest BCUT2D eigenvalue weighted by atomic mass is 32.2. The molecule has 4 heterocycles. The van der Waals surface area contributed by atoms with Crippen LogP contribution in [0.3, 0.4) is 0 Å². The summed E-state index contributed by atoms with van der Waals surface area (Å²) in [5.41, 5.74) is 1.53. The van der Waals surface area contributed by atoms with E-state index in [1.807, 2.05) is 34.8 Å². The second-order valence-electron chi connectivity index (χ2n) is 8.56. The minimum absolute atomic E-state index is 0.205. The molecule has 2 aliphatic heterocycles. The highest BCUT2D eigenvalue weighted by Gasteiger charge is 2.26. The molecule has 2 aliphatic rings. The molecule has 10 nitrogen and oxygen atoms in total. The standard InChI is InChI=1S/C23H24N6O4S2/c1-28-9-7-16-12-18(2-3-19(16)28)35(32,33)25-14-15-5-10-29(11-6-15)22-24-8-4-17(26-22)13-20-21(30)27-23(31)34-20/h2-4,7-9,12-13,15,25H,5-6,10-11,14H2,1H3,(H,27,30,31). The molecule has 2 aromatic heterocycles. The second-order valence-corrected chi connectivity index (χ2v) is 11.3. The predicted octanol–water partition coefficient (Wildman–Crippen LogP) is 2.49. The Hall–Kier alpha value is -3.22. The molecular formula is C23H24N6O4S2. The van der Waals surface area contributed by atoms with Gasteiger partial charge in [0.25, 0.3) is 11.1 Å². The Kier molecular flexibility index (Phi) is 6.34. The van der Waals surface area contributed by atoms with Crippen molar-refractivity contribution in [2.24, 2.45) is 13.0 Å². The van der Waals surface area contributed by atoms with Crippen molar-refractivity contribution in [3.63, 3.8) is 0 Å². The summed E-state index contributed by atoms with van der Waals surface area (Å²) in [7, 11) is -1.67. The van der Waals surface area contributed by atoms with Crippen LogP contribution in [-0.4, -0.2) is 53.7 Å². The summed E-state index contributed by atoms with van der Waals surface area (Å²) in [6.07, 6.45) is 6.69. The summed E-state index contributed by atoms with van der Waals surface area (Å²) in [6.45, 7) is 1.75. The van der Waals surface area contributed by atoms with Crippen molar-refractivity contribution in [2.75, 3.05) is 24.5 Å². The van der Waals surface area contributed by atoms with Crippen LogP contribution < -0.4 is 14.9 Å². The summed E-state index contributed by atoms with van der Waals surface area (Å²) in [5.74, 6) is 0.327. The number of aryl methyl sites for hydroxylation is 1. The van der Waals surface area contributed by atoms with E-state index in [-0.39, 0.29) is 10.8 Å². The number of thioether (sulfide) groups is 1. The molecule has 1 aromatic carbocycles. The number of amides is 2. The molecular weight excluding hydrogens is 488 g/mol. The first kappa shape index (κ1) is 23.5. The number of benzene rings is 1. The molecule has 0 aliphatic carbocycles. The zero-order chi connectivity index (χ0) is 24.6. The van der Waals surface area contributed by atoms with Crippen molar-refractivity contribution < 1.29 is 18.0 Å². The number of hydrogen-bond acceptors (Lipinski definition) is 8. The van der Waals surface area contributed by atoms with E-state index in [4.69, 9.17) is 0 Å². The van der Waals surface area contributed by atoms with Crippen molar-refractivity contribution in [2.45, 2.75) is 17.7 Å². The lowest BCUT2D eigenvalue weighted by molar-refractivity contribution is -0.115. The van der Waals surface area contributed by atoms with Gasteiger partial charge in [-0.15, -0.1) is 0 Å². The number of piperidine rings is 1. The quantitative estimate of drug-likeness (QED) is 0.483. The van der Waals surface area contributed by atoms with Gasteiger partial charge in [-0.2, -0.15) is 0 Å². The van der Waals surface area contributed by atoms with E-state index in [0.29, 0.717) is 36.2 Å². The van der Waals surface area contributed by atoms with E-state index >= 15 is 0 Å². The van der Waals surface area contributed by atoms with Gasteiger partial charge in [0.1, 0.15) is 0 Å². The van der Waals surface area contributed by atoms with Crippen LogP contribution in [0.1, 0.15) is 18.5 Å². The van der Waals surface area contributed by atoms with Crippen LogP contribution >= 0.6 is 11.8 Å². The Morgan fingerprint density at radius 1 is 1.20 bits per heavy atom. The molecule has 0 bridgehead atoms. The van der Waals surface area contributed by atoms with Crippen LogP contribution in [0.2, 0.25) is 0 Å². The topological polar surface area (TPSA) is 126 Å². The number of carbonyl (C=O) groups is 2. The molecule has 12 heteroatoms. The van der Waals surface area contributed by atoms with Crippen molar-refractivity contribution in [3.05, 3.63) is 53.3 Å². The molecule has 3 aromatic rings. The lowest BCUT2D eigenvalue weighted by Crippen LogP contribution is -2.39. The van der Waals surface area contributed by atoms with Crippen LogP contribution in [0, 0.1) is 5.92 Å². The molecule has 5 rings (SSSR count). The van der Waals surface area contributed by atoms with E-state index in [1.165, 1.54) is 0 Å². The van der Waals surface area contributed by atoms with Crippen LogP contribution in [0.5, 0.6) is 0 Å². The number of anilines is 1. The lowest BCUT2D eigenvalue weighted by Gasteiger charge is -2.32. The van der Waals surface area contributed by atoms with Crippen molar-refractivity contribution >= 4 is 55.9 Å². The third kappa shape index (κ3) is 5.09. The molecule has 2 fully saturated rings. The first-order valence-electron chi connectivity index (χ1n) is 11.2. The molecule has 0 saturated carbocycles. The average molecular weight is 513 g/mol. The normalized spacial score (nSPS) is 18.5. The number of nitrogens with one attached hydrogen (secondary N) is 2. The van der Waals surface area contributed by atoms with E-state index in [0.717, 1.165) is 35.5 Å². The summed E-state index contributed by atoms with van der Waals surface area (Å²) in [6, 6.07) is 8.74. The maximum atomic E-state index is 12.8. The van der Waals surface area contributed by atoms with E-state index in [2.05, 4.69) is 20.0 Å². The van der Waals surface area contributed by atoms with Crippen LogP contribution in [0.25, 0.3) is 17.0 Å². The van der Waals surface area contributed by atoms with Gasteiger partial charge < -0.3 is 9.47 Å². The fourth-order valence-corrected chi connectivity index (χ4v) is 6.04. The fourth-order valence-electron chi connectivity index (χ4n) is 4.22. The monoisotopic (exact) mass is 512 g/mol. The van der Waals surface area contributed by atoms with Crippen LogP contribution in [0.15, 0.2) is 52.5 Å². The summed E-state index contributed by atoms with van der Waals surface area (Å²) in [5, 5.41) is 2.72. The maximum Gasteiger partial charge on any atom is 0.290 e. The van der Waals surface area contributed by atoms with E-state index in [9.17, 15) is 18.0 Å². The molecule has 0 radical (unpaired) electrons. The molecule has 2 N–H and O–H groups in total. The number of carbonyl (C=O) groups excluding carboxylic acids is 2. The van der Waals surface area contributed by atoms with E-state index in [1.54, 1.807) is 30.5 Å². The zero-order valence-electron chi connectivity index (χ0n) is 19.0. The molecule has 0 spiro atoms. The Morgan fingerprint density at radius 2 is 2.00 bits per heavy atom. The maximum absolute atomic E-state index is 12.8. The minimum Gasteiger partial charge on any atom is -0.351 e. The molecule has 2 amide bonds. The number of sulfonamides is 1. The highest BCUT2D eigenvalue weighted by Crippen LogP contribution is 2.26. The van der Waals surface area contributed by atoms with Crippen LogP contribution in [0.4, 0.5) is 10.7 Å². The van der Waals surface area contributed by atoms with Crippen molar-refractivity contribution in [3.8, 4) is 0 Å². The van der Waals surface area contributed by atoms with Gasteiger partial charge in [0.15, 0.2) is 0 Å². The highest BCUT2D eigenvalue weighted by molar-refractivity contribution is 8.18. The Balaban J connectivity index is 1.18. The van der Waals surface area contributed by atoms with Gasteiger partial charge in [0.2, 0.25) is 16.0 Å². The van der Waals surface area contributed by atoms with Crippen molar-refractivity contribution in [1.29, 1.82) is 0 Å². The minimum atomic E-state index is -3.60. The van der Waals surface area contributed by atoms with Gasteiger partial charge in [-0.3, -0.25) is 14.9 Å². The van der Waals surface area contributed by atoms with Gasteiger partial charge in [0, 0.05) is 50.0 Å². The first-order chi connectivity index (χ1) is 16.8. The van der Waals surface area contributed by atoms with Gasteiger partial charge in [0.05, 0.1) is 15.5 Å². The molecule has 0 unspecified atom stereocenters. The molecule has 35 heavy (non-hydrogen) atoms. The number of imide groups is 1. The van der Waals surface area contributed by atoms with Crippen molar-refractivity contribution in [1.82, 2.24) is 24.6 Å². The summed E-state index contributed by atoms with van der Waals surface area (Å²) < 4.78 is 30.4. The smallest absolute Gasteiger partial charge is 0.290 e. The first-order valence-corrected chi connectivity index (χ1v) is 13.5. The number of nitrogens with zero attached hydrogens (tertiary/aromatic N) is 4. The average Bonchev–Trinajstić information content (AvgIpc) is 3.38. The third-order valence-corrected chi connectivity index (χ3v) is 8.44. The Labute approximate surface area is 206 Å². The lowest BCUT2D eigenvalue weighted by atomic mass is 9.97. The van der Waals surface area contributed by atoms with E-state index < -0.39 is 21.2 Å². The van der Waals surface area contributed by atoms with Crippen LogP contribution in [-0.2, 0) is 21.9 Å². The predicted molar refractivity (Wildman–Crippen MR) is 134 cm³/mol. The molecule has 2 saturated heterocycles. The SMILES string of the molecule is Cn1ccc2cc(S(=O)(=O)NCC3CCN(c4nccc(C=C5SC(=O)NC5=O)n4)CC3)ccc21. The molecule has 0 atom stereocenters. The Bertz CT molecular complexity index is 1440. The fraction of sp³-hybridized carbons (Fsp3) is 0.304. The Morgan fingerprint density at radius 3 is 2.74 bits per heavy atom. The zero-order valence-corrected chi connectivity index (χ0v) is 20.6. The molecule has 182 valence electrons. The third-order valence-electron chi connectivity index (χ3n) is 6.21. The number of rotatable bonds is 6. The summed E-state index contributed by atoms with van der Waals surface area (Å²) >= 11 is 0.848. The number of aromatic nitrogens is 3. The van der Waals surface area contributed by atoms with Gasteiger partial charge in [-0.1, -0.05) is 0 Å². The van der Waals surface area contributed by atoms with Gasteiger partial charge in [-0.05, 0) is 66.9 Å². The number of hydrogen-bond donors (Lipinski definition) is 2.